The maximum absolute atomic E-state index is 11.9. The average Bonchev–Trinajstić information content (AvgIpc) is 2.97. The van der Waals surface area contributed by atoms with E-state index >= 15 is 0 Å². The van der Waals surface area contributed by atoms with Gasteiger partial charge in [-0.05, 0) is 70.7 Å². The third kappa shape index (κ3) is 33.9. The number of carbonyl (C=O) groups is 2. The molecule has 41 heavy (non-hydrogen) atoms. The van der Waals surface area contributed by atoms with Crippen LogP contribution in [0.2, 0.25) is 0 Å². The Morgan fingerprint density at radius 1 is 0.683 bits per heavy atom. The number of carbonyl (C=O) groups excluding carboxylic acids is 2. The lowest BCUT2D eigenvalue weighted by Gasteiger charge is -2.08. The van der Waals surface area contributed by atoms with Crippen LogP contribution in [-0.2, 0) is 23.1 Å². The summed E-state index contributed by atoms with van der Waals surface area (Å²) in [5, 5.41) is 5.46. The Hall–Kier alpha value is -2.16. The lowest BCUT2D eigenvalue weighted by Crippen LogP contribution is -2.31. The van der Waals surface area contributed by atoms with Crippen molar-refractivity contribution in [1.82, 2.24) is 10.6 Å². The smallest absolute Gasteiger partial charge is 0.407 e. The molecule has 2 N–H and O–H groups in total. The first-order valence-electron chi connectivity index (χ1n) is 14.6. The first-order chi connectivity index (χ1) is 20.2. The van der Waals surface area contributed by atoms with Crippen molar-refractivity contribution >= 4 is 33.9 Å². The molecular weight excluding hydrogens is 559 g/mol. The molecule has 0 fully saturated rings. The molecule has 0 heterocycles. The summed E-state index contributed by atoms with van der Waals surface area (Å²) in [6.45, 7) is 3.63. The van der Waals surface area contributed by atoms with E-state index in [0.29, 0.717) is 32.5 Å². The normalized spacial score (nSPS) is 12.5. The molecule has 8 nitrogen and oxygen atoms in total. The highest BCUT2D eigenvalue weighted by atomic mass is 32.1. The highest BCUT2D eigenvalue weighted by molar-refractivity contribution is 7.78. The number of thiol groups is 1. The lowest BCUT2D eigenvalue weighted by molar-refractivity contribution is -0.201. The Morgan fingerprint density at radius 3 is 1.83 bits per heavy atom. The molecule has 0 rings (SSSR count). The maximum Gasteiger partial charge on any atom is 0.407 e. The first kappa shape index (κ1) is 38.8. The zero-order valence-electron chi connectivity index (χ0n) is 24.6. The van der Waals surface area contributed by atoms with Gasteiger partial charge in [-0.25, -0.2) is 9.68 Å². The molecule has 2 amide bonds. The molecule has 0 radical (unpaired) electrons. The molecule has 1 unspecified atom stereocenters. The van der Waals surface area contributed by atoms with Crippen molar-refractivity contribution in [3.05, 3.63) is 72.9 Å². The summed E-state index contributed by atoms with van der Waals surface area (Å²) in [5.74, 6) is -0.0541. The largest absolute Gasteiger partial charge is 0.448 e. The fourth-order valence-corrected chi connectivity index (χ4v) is 3.49. The van der Waals surface area contributed by atoms with Gasteiger partial charge in [-0.3, -0.25) is 8.76 Å². The lowest BCUT2D eigenvalue weighted by atomic mass is 10.2. The van der Waals surface area contributed by atoms with E-state index in [1.807, 2.05) is 6.08 Å². The summed E-state index contributed by atoms with van der Waals surface area (Å²) < 4.78 is 14.2. The van der Waals surface area contributed by atoms with Crippen LogP contribution in [0.1, 0.15) is 84.0 Å². The van der Waals surface area contributed by atoms with Gasteiger partial charge >= 0.3 is 6.09 Å². The molecule has 0 spiro atoms. The summed E-state index contributed by atoms with van der Waals surface area (Å²) in [5.41, 5.74) is 0. The van der Waals surface area contributed by atoms with E-state index in [1.165, 1.54) is 0 Å². The Labute approximate surface area is 255 Å². The summed E-state index contributed by atoms with van der Waals surface area (Å²) in [6, 6.07) is 0. The first-order valence-corrected chi connectivity index (χ1v) is 15.8. The van der Waals surface area contributed by atoms with Gasteiger partial charge in [0.1, 0.15) is 6.61 Å². The monoisotopic (exact) mass is 610 g/mol. The number of nitrogens with one attached hydrogen (secondary N) is 2. The van der Waals surface area contributed by atoms with Crippen molar-refractivity contribution in [2.45, 2.75) is 84.0 Å². The fourth-order valence-electron chi connectivity index (χ4n) is 3.24. The maximum atomic E-state index is 11.9. The van der Waals surface area contributed by atoms with Gasteiger partial charge < -0.3 is 15.4 Å². The van der Waals surface area contributed by atoms with Crippen molar-refractivity contribution < 1.29 is 27.9 Å². The van der Waals surface area contributed by atoms with Gasteiger partial charge in [-0.1, -0.05) is 92.7 Å². The second-order valence-electron chi connectivity index (χ2n) is 8.86. The summed E-state index contributed by atoms with van der Waals surface area (Å²) in [7, 11) is -0.232. The van der Waals surface area contributed by atoms with Crippen LogP contribution < -0.4 is 10.6 Å². The summed E-state index contributed by atoms with van der Waals surface area (Å²) in [4.78, 5) is 28.4. The Morgan fingerprint density at radius 2 is 1.24 bits per heavy atom. The number of alkyl carbamates (subject to hydrolysis) is 1. The predicted molar refractivity (Wildman–Crippen MR) is 174 cm³/mol. The Bertz CT molecular complexity index is 799. The van der Waals surface area contributed by atoms with Crippen molar-refractivity contribution in [3.8, 4) is 0 Å². The highest BCUT2D eigenvalue weighted by Crippen LogP contribution is 2.15. The van der Waals surface area contributed by atoms with Gasteiger partial charge in [-0.2, -0.15) is 4.67 Å². The van der Waals surface area contributed by atoms with Crippen LogP contribution in [0, 0.1) is 0 Å². The molecule has 0 aromatic heterocycles. The van der Waals surface area contributed by atoms with Crippen LogP contribution in [0.5, 0.6) is 0 Å². The van der Waals surface area contributed by atoms with Crippen LogP contribution in [0.25, 0.3) is 0 Å². The van der Waals surface area contributed by atoms with E-state index < -0.39 is 6.09 Å². The third-order valence-electron chi connectivity index (χ3n) is 5.35. The number of unbranched alkanes of at least 4 members (excludes halogenated alkanes) is 3. The highest BCUT2D eigenvalue weighted by Gasteiger charge is 2.03. The molecule has 0 saturated heterocycles. The van der Waals surface area contributed by atoms with Crippen molar-refractivity contribution in [2.24, 2.45) is 0 Å². The van der Waals surface area contributed by atoms with Gasteiger partial charge in [-0.15, -0.1) is 0 Å². The van der Waals surface area contributed by atoms with Crippen LogP contribution in [-0.4, -0.2) is 38.3 Å². The fraction of sp³-hybridized carbons (Fsp3) is 0.548. The van der Waals surface area contributed by atoms with E-state index in [2.05, 4.69) is 101 Å². The van der Waals surface area contributed by atoms with Crippen LogP contribution in [0.3, 0.4) is 0 Å². The minimum Gasteiger partial charge on any atom is -0.448 e. The van der Waals surface area contributed by atoms with E-state index in [0.717, 1.165) is 64.2 Å². The minimum atomic E-state index is -0.471. The van der Waals surface area contributed by atoms with E-state index in [9.17, 15) is 9.59 Å². The average molecular weight is 611 g/mol. The Kier molecular flexibility index (Phi) is 32.2. The van der Waals surface area contributed by atoms with Crippen LogP contribution in [0.15, 0.2) is 72.9 Å². The summed E-state index contributed by atoms with van der Waals surface area (Å²) >= 11 is 3.54. The molecule has 0 bridgehead atoms. The SMILES string of the molecule is CC/C=C/C/C=C/C/C=C/C/C=C/C/C=C/C/C=C/CCC(=O)NCCOC(=O)NCCCCCCOOPOS. The molecule has 0 saturated carbocycles. The van der Waals surface area contributed by atoms with Crippen molar-refractivity contribution in [2.75, 3.05) is 26.3 Å². The number of rotatable bonds is 27. The number of ether oxygens (including phenoxy) is 1. The van der Waals surface area contributed by atoms with Gasteiger partial charge in [0.15, 0.2) is 0 Å². The predicted octanol–water partition coefficient (Wildman–Crippen LogP) is 8.19. The van der Waals surface area contributed by atoms with E-state index in [1.54, 1.807) is 0 Å². The van der Waals surface area contributed by atoms with Crippen LogP contribution >= 0.6 is 21.9 Å². The van der Waals surface area contributed by atoms with Gasteiger partial charge in [0.2, 0.25) is 14.9 Å². The van der Waals surface area contributed by atoms with Gasteiger partial charge in [0.05, 0.1) is 13.2 Å². The third-order valence-corrected chi connectivity index (χ3v) is 5.83. The van der Waals surface area contributed by atoms with Crippen molar-refractivity contribution in [1.29, 1.82) is 0 Å². The second kappa shape index (κ2) is 34.0. The number of amides is 2. The van der Waals surface area contributed by atoms with Crippen LogP contribution in [0.4, 0.5) is 4.79 Å². The molecule has 0 aromatic carbocycles. The standard InChI is InChI=1S/C31H51N2O6PS/c1-2-3-4-5-6-7-8-9-10-11-12-13-14-15-16-17-18-19-22-25-30(34)32-27-29-36-31(35)33-26-23-20-21-24-28-37-38-40-39-41/h3-4,6-7,9-10,12-13,15-16,18-19,40-41H,2,5,8,11,14,17,20-29H2,1H3,(H,32,34)(H,33,35)/b4-3+,7-6+,10-9+,13-12+,16-15+,19-18+. The molecule has 0 aliphatic heterocycles. The molecule has 0 aliphatic rings. The number of hydrogen-bond donors (Lipinski definition) is 3. The minimum absolute atomic E-state index is 0.0541. The van der Waals surface area contributed by atoms with Gasteiger partial charge in [0.25, 0.3) is 0 Å². The molecular formula is C31H51N2O6PS. The zero-order valence-corrected chi connectivity index (χ0v) is 26.5. The second-order valence-corrected chi connectivity index (χ2v) is 9.92. The molecule has 0 aromatic rings. The van der Waals surface area contributed by atoms with E-state index in [4.69, 9.17) is 14.3 Å². The molecule has 1 atom stereocenters. The summed E-state index contributed by atoms with van der Waals surface area (Å²) in [6.07, 6.45) is 36.0. The molecule has 0 aliphatic carbocycles. The molecule has 232 valence electrons. The quantitative estimate of drug-likeness (QED) is 0.0165. The van der Waals surface area contributed by atoms with Crippen molar-refractivity contribution in [3.63, 3.8) is 0 Å². The molecule has 10 heteroatoms. The van der Waals surface area contributed by atoms with Gasteiger partial charge in [0, 0.05) is 13.0 Å². The Balaban J connectivity index is 3.53. The number of hydrogen-bond acceptors (Lipinski definition) is 7. The number of allylic oxidation sites excluding steroid dienone is 12. The zero-order chi connectivity index (χ0) is 29.9. The van der Waals surface area contributed by atoms with E-state index in [-0.39, 0.29) is 21.5 Å². The topological polar surface area (TPSA) is 95.1 Å².